The molecule has 0 radical (unpaired) electrons. The van der Waals surface area contributed by atoms with Crippen LogP contribution in [0.3, 0.4) is 0 Å². The lowest BCUT2D eigenvalue weighted by atomic mass is 10.1. The Bertz CT molecular complexity index is 615. The van der Waals surface area contributed by atoms with E-state index in [0.29, 0.717) is 18.5 Å². The van der Waals surface area contributed by atoms with Crippen molar-refractivity contribution in [3.05, 3.63) is 33.4 Å². The first-order chi connectivity index (χ1) is 9.93. The van der Waals surface area contributed by atoms with Gasteiger partial charge in [-0.25, -0.2) is 8.42 Å². The van der Waals surface area contributed by atoms with E-state index >= 15 is 0 Å². The lowest BCUT2D eigenvalue weighted by Gasteiger charge is -2.28. The lowest BCUT2D eigenvalue weighted by Crippen LogP contribution is -2.41. The first-order valence-electron chi connectivity index (χ1n) is 7.20. The van der Waals surface area contributed by atoms with E-state index in [9.17, 15) is 13.2 Å². The number of hydrogen-bond acceptors (Lipinski definition) is 3. The van der Waals surface area contributed by atoms with E-state index in [0.717, 1.165) is 16.4 Å². The monoisotopic (exact) mass is 421 g/mol. The highest BCUT2D eigenvalue weighted by Crippen LogP contribution is 2.21. The van der Waals surface area contributed by atoms with Crippen LogP contribution >= 0.6 is 22.6 Å². The molecule has 116 valence electrons. The predicted octanol–water partition coefficient (Wildman–Crippen LogP) is 2.72. The molecular formula is C15H20INO3S. The van der Waals surface area contributed by atoms with Crippen molar-refractivity contribution in [1.29, 1.82) is 0 Å². The summed E-state index contributed by atoms with van der Waals surface area (Å²) in [5, 5.41) is 0. The molecule has 0 spiro atoms. The zero-order chi connectivity index (χ0) is 15.5. The summed E-state index contributed by atoms with van der Waals surface area (Å²) in [6.45, 7) is 2.69. The summed E-state index contributed by atoms with van der Waals surface area (Å²) in [7, 11) is -2.98. The molecule has 4 nitrogen and oxygen atoms in total. The predicted molar refractivity (Wildman–Crippen MR) is 92.2 cm³/mol. The Morgan fingerprint density at radius 2 is 2.19 bits per heavy atom. The van der Waals surface area contributed by atoms with E-state index in [1.54, 1.807) is 11.0 Å². The van der Waals surface area contributed by atoms with Crippen LogP contribution in [0.25, 0.3) is 0 Å². The van der Waals surface area contributed by atoms with Gasteiger partial charge in [-0.2, -0.15) is 0 Å². The van der Waals surface area contributed by atoms with E-state index in [1.807, 2.05) is 18.2 Å². The largest absolute Gasteiger partial charge is 0.335 e. The number of carbonyl (C=O) groups excluding carboxylic acids is 1. The lowest BCUT2D eigenvalue weighted by molar-refractivity contribution is 0.0694. The van der Waals surface area contributed by atoms with Gasteiger partial charge in [-0.05, 0) is 53.6 Å². The van der Waals surface area contributed by atoms with Gasteiger partial charge in [-0.15, -0.1) is 0 Å². The molecule has 2 rings (SSSR count). The van der Waals surface area contributed by atoms with Crippen molar-refractivity contribution < 1.29 is 13.2 Å². The molecule has 1 amide bonds. The van der Waals surface area contributed by atoms with Crippen LogP contribution in [0.5, 0.6) is 0 Å². The van der Waals surface area contributed by atoms with Crippen LogP contribution in [0.1, 0.15) is 36.5 Å². The number of nitrogens with zero attached hydrogens (tertiary/aromatic N) is 1. The van der Waals surface area contributed by atoms with E-state index in [4.69, 9.17) is 0 Å². The summed E-state index contributed by atoms with van der Waals surface area (Å²) in [5.41, 5.74) is 0.641. The highest BCUT2D eigenvalue weighted by molar-refractivity contribution is 14.1. The zero-order valence-electron chi connectivity index (χ0n) is 12.1. The smallest absolute Gasteiger partial charge is 0.254 e. The van der Waals surface area contributed by atoms with E-state index < -0.39 is 9.84 Å². The summed E-state index contributed by atoms with van der Waals surface area (Å²) >= 11 is 2.18. The third-order valence-corrected chi connectivity index (χ3v) is 6.16. The first-order valence-corrected chi connectivity index (χ1v) is 10.1. The van der Waals surface area contributed by atoms with Crippen molar-refractivity contribution in [3.63, 3.8) is 0 Å². The Labute approximate surface area is 140 Å². The van der Waals surface area contributed by atoms with Crippen molar-refractivity contribution >= 4 is 38.3 Å². The van der Waals surface area contributed by atoms with Gasteiger partial charge in [-0.3, -0.25) is 4.79 Å². The molecule has 1 aliphatic rings. The number of sulfone groups is 1. The molecule has 21 heavy (non-hydrogen) atoms. The Hall–Kier alpha value is -0.630. The quantitative estimate of drug-likeness (QED) is 0.688. The van der Waals surface area contributed by atoms with Crippen LogP contribution in [0, 0.1) is 3.57 Å². The average molecular weight is 421 g/mol. The second-order valence-corrected chi connectivity index (χ2v) is 8.89. The normalized spacial score (nSPS) is 20.4. The summed E-state index contributed by atoms with van der Waals surface area (Å²) in [4.78, 5) is 14.5. The molecule has 0 bridgehead atoms. The van der Waals surface area contributed by atoms with Gasteiger partial charge in [0.15, 0.2) is 9.84 Å². The molecule has 1 atom stereocenters. The van der Waals surface area contributed by atoms with Crippen LogP contribution in [0.4, 0.5) is 0 Å². The van der Waals surface area contributed by atoms with Crippen molar-refractivity contribution in [1.82, 2.24) is 4.90 Å². The standard InChI is InChI=1S/C15H20INO3S/c1-2-3-8-17(14-7-9-21(19,20)11-14)15(18)12-5-4-6-13(16)10-12/h4-6,10,14H,2-3,7-9,11H2,1H3. The molecule has 0 N–H and O–H groups in total. The summed E-state index contributed by atoms with van der Waals surface area (Å²) in [6.07, 6.45) is 2.43. The molecule has 0 aromatic heterocycles. The van der Waals surface area contributed by atoms with Crippen LogP contribution < -0.4 is 0 Å². The number of halogens is 1. The van der Waals surface area contributed by atoms with Crippen LogP contribution in [-0.2, 0) is 9.84 Å². The molecule has 1 unspecified atom stereocenters. The van der Waals surface area contributed by atoms with E-state index in [1.165, 1.54) is 0 Å². The minimum Gasteiger partial charge on any atom is -0.335 e. The topological polar surface area (TPSA) is 54.5 Å². The van der Waals surface area contributed by atoms with Gasteiger partial charge in [0.05, 0.1) is 11.5 Å². The Morgan fingerprint density at radius 1 is 1.43 bits per heavy atom. The Balaban J connectivity index is 2.21. The molecule has 6 heteroatoms. The van der Waals surface area contributed by atoms with Gasteiger partial charge in [-0.1, -0.05) is 19.4 Å². The average Bonchev–Trinajstić information content (AvgIpc) is 2.79. The SMILES string of the molecule is CCCCN(C(=O)c1cccc(I)c1)C1CCS(=O)(=O)C1. The van der Waals surface area contributed by atoms with Gasteiger partial charge in [0.2, 0.25) is 0 Å². The zero-order valence-corrected chi connectivity index (χ0v) is 15.1. The minimum absolute atomic E-state index is 0.0518. The fraction of sp³-hybridized carbons (Fsp3) is 0.533. The van der Waals surface area contributed by atoms with Crippen molar-refractivity contribution in [2.45, 2.75) is 32.2 Å². The third-order valence-electron chi connectivity index (χ3n) is 3.73. The minimum atomic E-state index is -2.98. The van der Waals surface area contributed by atoms with Gasteiger partial charge in [0.1, 0.15) is 0 Å². The fourth-order valence-electron chi connectivity index (χ4n) is 2.59. The van der Waals surface area contributed by atoms with Crippen LogP contribution in [0.15, 0.2) is 24.3 Å². The maximum atomic E-state index is 12.7. The van der Waals surface area contributed by atoms with Gasteiger partial charge >= 0.3 is 0 Å². The number of carbonyl (C=O) groups is 1. The van der Waals surface area contributed by atoms with Gasteiger partial charge < -0.3 is 4.90 Å². The fourth-order valence-corrected chi connectivity index (χ4v) is 4.86. The maximum Gasteiger partial charge on any atom is 0.254 e. The molecule has 1 saturated heterocycles. The molecule has 1 aliphatic heterocycles. The van der Waals surface area contributed by atoms with Crippen molar-refractivity contribution in [3.8, 4) is 0 Å². The van der Waals surface area contributed by atoms with Crippen molar-refractivity contribution in [2.24, 2.45) is 0 Å². The Morgan fingerprint density at radius 3 is 2.76 bits per heavy atom. The van der Waals surface area contributed by atoms with Crippen LogP contribution in [0.2, 0.25) is 0 Å². The molecule has 1 fully saturated rings. The number of unbranched alkanes of at least 4 members (excludes halogenated alkanes) is 1. The highest BCUT2D eigenvalue weighted by atomic mass is 127. The summed E-state index contributed by atoms with van der Waals surface area (Å²) in [6, 6.07) is 7.27. The molecule has 1 heterocycles. The summed E-state index contributed by atoms with van der Waals surface area (Å²) < 4.78 is 24.4. The number of rotatable bonds is 5. The molecule has 1 aromatic rings. The Kier molecular flexibility index (Phi) is 5.65. The maximum absolute atomic E-state index is 12.7. The third kappa shape index (κ3) is 4.42. The van der Waals surface area contributed by atoms with Gasteiger partial charge in [0.25, 0.3) is 5.91 Å². The molecule has 0 aliphatic carbocycles. The highest BCUT2D eigenvalue weighted by Gasteiger charge is 2.34. The number of benzene rings is 1. The summed E-state index contributed by atoms with van der Waals surface area (Å²) in [5.74, 6) is 0.246. The molecule has 0 saturated carbocycles. The van der Waals surface area contributed by atoms with Gasteiger partial charge in [0, 0.05) is 21.7 Å². The second-order valence-electron chi connectivity index (χ2n) is 5.42. The molecule has 1 aromatic carbocycles. The number of hydrogen-bond donors (Lipinski definition) is 0. The van der Waals surface area contributed by atoms with Crippen LogP contribution in [-0.4, -0.2) is 43.3 Å². The second kappa shape index (κ2) is 7.09. The van der Waals surface area contributed by atoms with Crippen molar-refractivity contribution in [2.75, 3.05) is 18.1 Å². The van der Waals surface area contributed by atoms with E-state index in [2.05, 4.69) is 29.5 Å². The first kappa shape index (κ1) is 16.7. The van der Waals surface area contributed by atoms with E-state index in [-0.39, 0.29) is 23.5 Å². The molecular weight excluding hydrogens is 401 g/mol. The number of amides is 1.